The van der Waals surface area contributed by atoms with Gasteiger partial charge in [-0.05, 0) is 67.1 Å². The number of rotatable bonds is 4. The van der Waals surface area contributed by atoms with Crippen LogP contribution in [0.3, 0.4) is 0 Å². The minimum absolute atomic E-state index is 0.233. The molecule has 3 aromatic heterocycles. The monoisotopic (exact) mass is 412 g/mol. The molecule has 3 heterocycles. The van der Waals surface area contributed by atoms with Crippen molar-refractivity contribution >= 4 is 33.1 Å². The van der Waals surface area contributed by atoms with E-state index in [1.165, 1.54) is 10.3 Å². The summed E-state index contributed by atoms with van der Waals surface area (Å²) in [5.41, 5.74) is 4.14. The van der Waals surface area contributed by atoms with E-state index < -0.39 is 0 Å². The van der Waals surface area contributed by atoms with Crippen molar-refractivity contribution in [3.63, 3.8) is 0 Å². The number of benzene rings is 2. The zero-order valence-corrected chi connectivity index (χ0v) is 16.8. The van der Waals surface area contributed by atoms with Crippen molar-refractivity contribution in [3.8, 4) is 16.4 Å². The number of thiazole rings is 1. The maximum atomic E-state index is 12.5. The number of carbonyl (C=O) groups is 1. The number of nitrogens with zero attached hydrogens (tertiary/aromatic N) is 5. The normalized spacial score (nSPS) is 11.0. The maximum absolute atomic E-state index is 12.5. The zero-order chi connectivity index (χ0) is 20.5. The second kappa shape index (κ2) is 7.49. The number of anilines is 1. The summed E-state index contributed by atoms with van der Waals surface area (Å²) in [6, 6.07) is 19.0. The third-order valence-electron chi connectivity index (χ3n) is 4.56. The Morgan fingerprint density at radius 2 is 1.90 bits per heavy atom. The maximum Gasteiger partial charge on any atom is 0.276 e. The first kappa shape index (κ1) is 18.1. The SMILES string of the molecule is Cc1ccc2nc(-c3ccc(NC(=O)c4ccc(-n5cccn5)nn4)cc3)sc2c1. The van der Waals surface area contributed by atoms with Crippen LogP contribution in [0.2, 0.25) is 0 Å². The third kappa shape index (κ3) is 3.56. The van der Waals surface area contributed by atoms with Crippen LogP contribution in [0.15, 0.2) is 73.1 Å². The van der Waals surface area contributed by atoms with Gasteiger partial charge in [-0.15, -0.1) is 21.5 Å². The van der Waals surface area contributed by atoms with Crippen LogP contribution in [0.4, 0.5) is 5.69 Å². The van der Waals surface area contributed by atoms with Crippen molar-refractivity contribution in [3.05, 3.63) is 84.3 Å². The Kier molecular flexibility index (Phi) is 4.53. The minimum Gasteiger partial charge on any atom is -0.321 e. The van der Waals surface area contributed by atoms with E-state index in [9.17, 15) is 4.79 Å². The summed E-state index contributed by atoms with van der Waals surface area (Å²) < 4.78 is 2.75. The van der Waals surface area contributed by atoms with Crippen LogP contribution in [0.1, 0.15) is 16.1 Å². The van der Waals surface area contributed by atoms with Gasteiger partial charge < -0.3 is 5.32 Å². The quantitative estimate of drug-likeness (QED) is 0.470. The summed E-state index contributed by atoms with van der Waals surface area (Å²) in [6.45, 7) is 2.08. The van der Waals surface area contributed by atoms with Crippen molar-refractivity contribution in [2.75, 3.05) is 5.32 Å². The van der Waals surface area contributed by atoms with Crippen LogP contribution in [0, 0.1) is 6.92 Å². The molecule has 1 N–H and O–H groups in total. The Labute approximate surface area is 176 Å². The molecule has 0 fully saturated rings. The highest BCUT2D eigenvalue weighted by Crippen LogP contribution is 2.31. The number of aryl methyl sites for hydroxylation is 1. The van der Waals surface area contributed by atoms with E-state index in [0.717, 1.165) is 16.1 Å². The molecule has 1 amide bonds. The summed E-state index contributed by atoms with van der Waals surface area (Å²) in [5.74, 6) is 0.227. The van der Waals surface area contributed by atoms with E-state index in [1.807, 2.05) is 30.3 Å². The smallest absolute Gasteiger partial charge is 0.276 e. The molecule has 8 heteroatoms. The van der Waals surface area contributed by atoms with Gasteiger partial charge >= 0.3 is 0 Å². The van der Waals surface area contributed by atoms with Crippen molar-refractivity contribution in [2.24, 2.45) is 0 Å². The average molecular weight is 412 g/mol. The minimum atomic E-state index is -0.322. The summed E-state index contributed by atoms with van der Waals surface area (Å²) in [6.07, 6.45) is 3.42. The molecule has 0 unspecified atom stereocenters. The molecule has 5 aromatic rings. The fourth-order valence-electron chi connectivity index (χ4n) is 3.02. The predicted octanol–water partition coefficient (Wildman–Crippen LogP) is 4.50. The Hall–Kier alpha value is -3.91. The molecular formula is C22H16N6OS. The Morgan fingerprint density at radius 1 is 1.03 bits per heavy atom. The number of nitrogens with one attached hydrogen (secondary N) is 1. The van der Waals surface area contributed by atoms with Gasteiger partial charge in [0, 0.05) is 23.6 Å². The second-order valence-corrected chi connectivity index (χ2v) is 7.78. The standard InChI is InChI=1S/C22H16N6OS/c1-14-3-8-17-19(13-14)30-22(25-17)15-4-6-16(7-5-15)24-21(29)18-9-10-20(27-26-18)28-12-2-11-23-28/h2-13H,1H3,(H,24,29). The van der Waals surface area contributed by atoms with Gasteiger partial charge in [-0.25, -0.2) is 9.67 Å². The van der Waals surface area contributed by atoms with Gasteiger partial charge in [0.1, 0.15) is 5.01 Å². The van der Waals surface area contributed by atoms with Crippen LogP contribution in [-0.4, -0.2) is 30.9 Å². The first-order valence-electron chi connectivity index (χ1n) is 9.28. The van der Waals surface area contributed by atoms with E-state index in [1.54, 1.807) is 46.6 Å². The first-order chi connectivity index (χ1) is 14.7. The third-order valence-corrected chi connectivity index (χ3v) is 5.62. The Bertz CT molecular complexity index is 1320. The van der Waals surface area contributed by atoms with Crippen molar-refractivity contribution in [1.82, 2.24) is 25.0 Å². The lowest BCUT2D eigenvalue weighted by Gasteiger charge is -2.06. The van der Waals surface area contributed by atoms with Gasteiger partial charge in [-0.2, -0.15) is 5.10 Å². The predicted molar refractivity (Wildman–Crippen MR) is 117 cm³/mol. The van der Waals surface area contributed by atoms with Crippen LogP contribution in [0.5, 0.6) is 0 Å². The number of amides is 1. The van der Waals surface area contributed by atoms with Crippen LogP contribution < -0.4 is 5.32 Å². The molecule has 0 aliphatic carbocycles. The van der Waals surface area contributed by atoms with Gasteiger partial charge in [0.15, 0.2) is 11.5 Å². The largest absolute Gasteiger partial charge is 0.321 e. The molecular weight excluding hydrogens is 396 g/mol. The van der Waals surface area contributed by atoms with Crippen molar-refractivity contribution < 1.29 is 4.79 Å². The van der Waals surface area contributed by atoms with E-state index in [-0.39, 0.29) is 11.6 Å². The molecule has 0 atom stereocenters. The van der Waals surface area contributed by atoms with Crippen LogP contribution >= 0.6 is 11.3 Å². The van der Waals surface area contributed by atoms with Gasteiger partial charge in [-0.1, -0.05) is 6.07 Å². The fourth-order valence-corrected chi connectivity index (χ4v) is 4.09. The van der Waals surface area contributed by atoms with Gasteiger partial charge in [-0.3, -0.25) is 4.79 Å². The molecule has 5 rings (SSSR count). The van der Waals surface area contributed by atoms with Crippen molar-refractivity contribution in [2.45, 2.75) is 6.92 Å². The molecule has 0 aliphatic heterocycles. The highest BCUT2D eigenvalue weighted by atomic mass is 32.1. The van der Waals surface area contributed by atoms with E-state index in [2.05, 4.69) is 39.7 Å². The molecule has 0 spiro atoms. The molecule has 2 aromatic carbocycles. The molecule has 0 radical (unpaired) electrons. The van der Waals surface area contributed by atoms with E-state index in [4.69, 9.17) is 4.98 Å². The molecule has 146 valence electrons. The number of aromatic nitrogens is 5. The molecule has 7 nitrogen and oxygen atoms in total. The summed E-state index contributed by atoms with van der Waals surface area (Å²) in [4.78, 5) is 17.2. The van der Waals surface area contributed by atoms with Gasteiger partial charge in [0.2, 0.25) is 0 Å². The summed E-state index contributed by atoms with van der Waals surface area (Å²) >= 11 is 1.66. The molecule has 0 saturated carbocycles. The van der Waals surface area contributed by atoms with E-state index >= 15 is 0 Å². The Morgan fingerprint density at radius 3 is 2.63 bits per heavy atom. The number of hydrogen-bond acceptors (Lipinski definition) is 6. The average Bonchev–Trinajstić information content (AvgIpc) is 3.44. The molecule has 0 saturated heterocycles. The lowest BCUT2D eigenvalue weighted by molar-refractivity contribution is 0.102. The van der Waals surface area contributed by atoms with Crippen LogP contribution in [-0.2, 0) is 0 Å². The lowest BCUT2D eigenvalue weighted by Crippen LogP contribution is -2.15. The summed E-state index contributed by atoms with van der Waals surface area (Å²) in [5, 5.41) is 15.9. The fraction of sp³-hybridized carbons (Fsp3) is 0.0455. The molecule has 0 aliphatic rings. The van der Waals surface area contributed by atoms with E-state index in [0.29, 0.717) is 11.5 Å². The number of carbonyl (C=O) groups excluding carboxylic acids is 1. The Balaban J connectivity index is 1.31. The number of fused-ring (bicyclic) bond motifs is 1. The highest BCUT2D eigenvalue weighted by Gasteiger charge is 2.11. The van der Waals surface area contributed by atoms with Gasteiger partial charge in [0.05, 0.1) is 10.2 Å². The summed E-state index contributed by atoms with van der Waals surface area (Å²) in [7, 11) is 0. The first-order valence-corrected chi connectivity index (χ1v) is 10.1. The molecule has 0 bridgehead atoms. The number of hydrogen-bond donors (Lipinski definition) is 1. The van der Waals surface area contributed by atoms with Crippen LogP contribution in [0.25, 0.3) is 26.6 Å². The zero-order valence-electron chi connectivity index (χ0n) is 16.0. The second-order valence-electron chi connectivity index (χ2n) is 6.75. The molecule has 30 heavy (non-hydrogen) atoms. The highest BCUT2D eigenvalue weighted by molar-refractivity contribution is 7.21. The topological polar surface area (TPSA) is 85.6 Å². The van der Waals surface area contributed by atoms with Crippen molar-refractivity contribution in [1.29, 1.82) is 0 Å². The lowest BCUT2D eigenvalue weighted by atomic mass is 10.2. The van der Waals surface area contributed by atoms with Gasteiger partial charge in [0.25, 0.3) is 5.91 Å².